The van der Waals surface area contributed by atoms with Crippen LogP contribution in [-0.2, 0) is 17.9 Å². The van der Waals surface area contributed by atoms with Crippen molar-refractivity contribution in [2.24, 2.45) is 11.3 Å². The number of amides is 1. The molecule has 114 valence electrons. The van der Waals surface area contributed by atoms with Gasteiger partial charge in [0.05, 0.1) is 16.4 Å². The van der Waals surface area contributed by atoms with Gasteiger partial charge in [-0.25, -0.2) is 10.6 Å². The molecular weight excluding hydrogens is 268 g/mol. The van der Waals surface area contributed by atoms with Crippen molar-refractivity contribution >= 4 is 16.9 Å². The molecule has 1 amide bonds. The number of carbonyl (C=O) groups excluding carboxylic acids is 1. The number of carbonyl (C=O) groups is 1. The minimum absolute atomic E-state index is 0.0871. The van der Waals surface area contributed by atoms with Crippen molar-refractivity contribution in [2.75, 3.05) is 0 Å². The van der Waals surface area contributed by atoms with Gasteiger partial charge in [-0.2, -0.15) is 0 Å². The summed E-state index contributed by atoms with van der Waals surface area (Å²) in [6.07, 6.45) is 0.876. The molecule has 1 heterocycles. The van der Waals surface area contributed by atoms with Crippen molar-refractivity contribution in [3.63, 3.8) is 0 Å². The summed E-state index contributed by atoms with van der Waals surface area (Å²) in [4.78, 5) is 24.5. The smallest absolute Gasteiger partial charge is 0.294 e. The predicted molar refractivity (Wildman–Crippen MR) is 82.6 cm³/mol. The number of nitrogens with zero attached hydrogens (tertiary/aromatic N) is 2. The van der Waals surface area contributed by atoms with Gasteiger partial charge in [0.25, 0.3) is 0 Å². The molecule has 3 N–H and O–H groups in total. The molecule has 0 atom stereocenters. The summed E-state index contributed by atoms with van der Waals surface area (Å²) in [5.74, 6) is 4.93. The van der Waals surface area contributed by atoms with E-state index < -0.39 is 5.41 Å². The number of imidazole rings is 1. The monoisotopic (exact) mass is 290 g/mol. The zero-order chi connectivity index (χ0) is 15.6. The van der Waals surface area contributed by atoms with Crippen LogP contribution in [0.1, 0.15) is 27.2 Å². The van der Waals surface area contributed by atoms with Crippen LogP contribution in [0, 0.1) is 5.41 Å². The summed E-state index contributed by atoms with van der Waals surface area (Å²) in [6.45, 7) is 6.52. The number of rotatable bonds is 5. The first-order valence-corrected chi connectivity index (χ1v) is 7.11. The Morgan fingerprint density at radius 2 is 1.81 bits per heavy atom. The van der Waals surface area contributed by atoms with E-state index in [9.17, 15) is 9.59 Å². The molecule has 2 aromatic rings. The van der Waals surface area contributed by atoms with Crippen molar-refractivity contribution in [3.8, 4) is 0 Å². The van der Waals surface area contributed by atoms with Crippen LogP contribution in [0.4, 0.5) is 0 Å². The molecule has 0 fully saturated rings. The van der Waals surface area contributed by atoms with Gasteiger partial charge in [0.2, 0.25) is 5.91 Å². The maximum atomic E-state index is 12.6. The number of nitrogens with one attached hydrogen (secondary N) is 1. The second-order valence-electron chi connectivity index (χ2n) is 5.87. The number of nitrogens with two attached hydrogens (primary N) is 1. The zero-order valence-corrected chi connectivity index (χ0v) is 12.7. The average Bonchev–Trinajstić information content (AvgIpc) is 2.72. The molecule has 0 radical (unpaired) electrons. The number of aryl methyl sites for hydroxylation is 1. The summed E-state index contributed by atoms with van der Waals surface area (Å²) >= 11 is 0. The van der Waals surface area contributed by atoms with Crippen molar-refractivity contribution in [1.29, 1.82) is 0 Å². The van der Waals surface area contributed by atoms with Crippen molar-refractivity contribution in [3.05, 3.63) is 34.7 Å². The van der Waals surface area contributed by atoms with Crippen LogP contribution in [0.15, 0.2) is 29.1 Å². The van der Waals surface area contributed by atoms with Crippen LogP contribution < -0.4 is 17.0 Å². The molecule has 0 saturated heterocycles. The van der Waals surface area contributed by atoms with E-state index in [-0.39, 0.29) is 18.1 Å². The third-order valence-corrected chi connectivity index (χ3v) is 3.67. The zero-order valence-electron chi connectivity index (χ0n) is 12.7. The van der Waals surface area contributed by atoms with Gasteiger partial charge >= 0.3 is 5.69 Å². The first kappa shape index (κ1) is 15.3. The lowest BCUT2D eigenvalue weighted by Crippen LogP contribution is -2.44. The number of para-hydroxylation sites is 2. The van der Waals surface area contributed by atoms with Crippen LogP contribution in [-0.4, -0.2) is 15.0 Å². The Morgan fingerprint density at radius 1 is 1.24 bits per heavy atom. The van der Waals surface area contributed by atoms with Crippen LogP contribution in [0.25, 0.3) is 11.0 Å². The molecule has 0 saturated carbocycles. The van der Waals surface area contributed by atoms with E-state index in [1.165, 1.54) is 0 Å². The average molecular weight is 290 g/mol. The molecule has 21 heavy (non-hydrogen) atoms. The predicted octanol–water partition coefficient (Wildman–Crippen LogP) is 1.23. The van der Waals surface area contributed by atoms with Crippen LogP contribution in [0.3, 0.4) is 0 Å². The second kappa shape index (κ2) is 5.73. The molecule has 6 nitrogen and oxygen atoms in total. The van der Waals surface area contributed by atoms with Gasteiger partial charge in [0, 0.05) is 13.1 Å². The fourth-order valence-electron chi connectivity index (χ4n) is 2.53. The largest absolute Gasteiger partial charge is 0.329 e. The summed E-state index contributed by atoms with van der Waals surface area (Å²) in [5.41, 5.74) is 3.05. The van der Waals surface area contributed by atoms with Crippen molar-refractivity contribution in [1.82, 2.24) is 14.6 Å². The Balaban J connectivity index is 2.57. The SMILES string of the molecule is CCCn1c(=O)n(CC(C)(C)C(=O)NN)c2ccccc21. The minimum atomic E-state index is -0.764. The van der Waals surface area contributed by atoms with Gasteiger partial charge in [-0.1, -0.05) is 19.1 Å². The van der Waals surface area contributed by atoms with Crippen LogP contribution in [0.5, 0.6) is 0 Å². The standard InChI is InChI=1S/C15H22N4O2/c1-4-9-18-11-7-5-6-8-12(11)19(14(18)21)10-15(2,3)13(20)17-16/h5-8H,4,9-10,16H2,1-3H3,(H,17,20). The molecule has 0 aliphatic heterocycles. The summed E-state index contributed by atoms with van der Waals surface area (Å²) < 4.78 is 3.41. The van der Waals surface area contributed by atoms with Gasteiger partial charge in [0.1, 0.15) is 0 Å². The topological polar surface area (TPSA) is 82.0 Å². The Labute approximate surface area is 123 Å². The lowest BCUT2D eigenvalue weighted by atomic mass is 9.92. The summed E-state index contributed by atoms with van der Waals surface area (Å²) in [7, 11) is 0. The Bertz CT molecular complexity index is 712. The molecule has 1 aromatic carbocycles. The van der Waals surface area contributed by atoms with E-state index in [0.717, 1.165) is 17.5 Å². The second-order valence-corrected chi connectivity index (χ2v) is 5.87. The van der Waals surface area contributed by atoms with E-state index in [1.54, 1.807) is 23.0 Å². The first-order valence-electron chi connectivity index (χ1n) is 7.11. The normalized spacial score (nSPS) is 11.8. The summed E-state index contributed by atoms with van der Waals surface area (Å²) in [5, 5.41) is 0. The number of hydrogen-bond acceptors (Lipinski definition) is 3. The number of aromatic nitrogens is 2. The van der Waals surface area contributed by atoms with Gasteiger partial charge in [-0.3, -0.25) is 19.4 Å². The number of hydrazine groups is 1. The fraction of sp³-hybridized carbons (Fsp3) is 0.467. The molecule has 0 spiro atoms. The Morgan fingerprint density at radius 3 is 2.33 bits per heavy atom. The molecule has 2 rings (SSSR count). The lowest BCUT2D eigenvalue weighted by Gasteiger charge is -2.22. The fourth-order valence-corrected chi connectivity index (χ4v) is 2.53. The van der Waals surface area contributed by atoms with Gasteiger partial charge < -0.3 is 0 Å². The maximum Gasteiger partial charge on any atom is 0.329 e. The van der Waals surface area contributed by atoms with E-state index in [0.29, 0.717) is 6.54 Å². The number of benzene rings is 1. The number of hydrogen-bond donors (Lipinski definition) is 2. The highest BCUT2D eigenvalue weighted by molar-refractivity contribution is 5.81. The molecule has 6 heteroatoms. The van der Waals surface area contributed by atoms with Crippen LogP contribution in [0.2, 0.25) is 0 Å². The van der Waals surface area contributed by atoms with E-state index in [1.807, 2.05) is 31.2 Å². The minimum Gasteiger partial charge on any atom is -0.294 e. The molecule has 1 aromatic heterocycles. The third-order valence-electron chi connectivity index (χ3n) is 3.67. The van der Waals surface area contributed by atoms with Gasteiger partial charge in [0.15, 0.2) is 0 Å². The maximum absolute atomic E-state index is 12.6. The van der Waals surface area contributed by atoms with E-state index in [2.05, 4.69) is 5.43 Å². The van der Waals surface area contributed by atoms with Gasteiger partial charge in [-0.05, 0) is 32.4 Å². The van der Waals surface area contributed by atoms with Gasteiger partial charge in [-0.15, -0.1) is 0 Å². The molecule has 0 bridgehead atoms. The van der Waals surface area contributed by atoms with E-state index >= 15 is 0 Å². The highest BCUT2D eigenvalue weighted by Gasteiger charge is 2.29. The Kier molecular flexibility index (Phi) is 4.18. The number of fused-ring (bicyclic) bond motifs is 1. The van der Waals surface area contributed by atoms with Crippen molar-refractivity contribution < 1.29 is 4.79 Å². The summed E-state index contributed by atoms with van der Waals surface area (Å²) in [6, 6.07) is 7.64. The van der Waals surface area contributed by atoms with Crippen molar-refractivity contribution in [2.45, 2.75) is 40.3 Å². The van der Waals surface area contributed by atoms with Crippen LogP contribution >= 0.6 is 0 Å². The molecule has 0 aliphatic carbocycles. The Hall–Kier alpha value is -2.08. The quantitative estimate of drug-likeness (QED) is 0.493. The highest BCUT2D eigenvalue weighted by atomic mass is 16.2. The molecule has 0 unspecified atom stereocenters. The highest BCUT2D eigenvalue weighted by Crippen LogP contribution is 2.21. The molecule has 0 aliphatic rings. The third kappa shape index (κ3) is 2.71. The lowest BCUT2D eigenvalue weighted by molar-refractivity contribution is -0.130. The van der Waals surface area contributed by atoms with E-state index in [4.69, 9.17) is 5.84 Å². The molecular formula is C15H22N4O2. The first-order chi connectivity index (χ1) is 9.92.